The fourth-order valence-electron chi connectivity index (χ4n) is 3.58. The van der Waals surface area contributed by atoms with Crippen LogP contribution in [0, 0.1) is 6.92 Å². The van der Waals surface area contributed by atoms with Gasteiger partial charge in [-0.15, -0.1) is 0 Å². The summed E-state index contributed by atoms with van der Waals surface area (Å²) in [5, 5.41) is 7.93. The molecule has 1 aliphatic heterocycles. The first-order chi connectivity index (χ1) is 14.1. The molecule has 4 rings (SSSR count). The lowest BCUT2D eigenvalue weighted by molar-refractivity contribution is -0.127. The zero-order valence-corrected chi connectivity index (χ0v) is 17.2. The van der Waals surface area contributed by atoms with E-state index in [1.807, 2.05) is 54.1 Å². The van der Waals surface area contributed by atoms with Gasteiger partial charge in [0.2, 0.25) is 0 Å². The number of amides is 1. The Labute approximate surface area is 175 Å². The molecule has 0 saturated carbocycles. The minimum atomic E-state index is -0.576. The topological polar surface area (TPSA) is 59.4 Å². The maximum atomic E-state index is 12.2. The van der Waals surface area contributed by atoms with Crippen LogP contribution in [0.3, 0.4) is 0 Å². The van der Waals surface area contributed by atoms with E-state index in [2.05, 4.69) is 27.4 Å². The Bertz CT molecular complexity index is 1020. The maximum absolute atomic E-state index is 12.2. The van der Waals surface area contributed by atoms with E-state index in [-0.39, 0.29) is 5.91 Å². The number of nitrogens with one attached hydrogen (secondary N) is 1. The van der Waals surface area contributed by atoms with Gasteiger partial charge in [-0.1, -0.05) is 54.1 Å². The van der Waals surface area contributed by atoms with Crippen molar-refractivity contribution in [1.82, 2.24) is 15.1 Å². The summed E-state index contributed by atoms with van der Waals surface area (Å²) in [5.74, 6) is 0.546. The summed E-state index contributed by atoms with van der Waals surface area (Å²) >= 11 is 6.72. The lowest BCUT2D eigenvalue weighted by atomic mass is 10.1. The Morgan fingerprint density at radius 2 is 1.90 bits per heavy atom. The number of fused-ring (bicyclic) bond motifs is 1. The first-order valence-corrected chi connectivity index (χ1v) is 9.92. The van der Waals surface area contributed by atoms with Crippen molar-refractivity contribution in [3.05, 3.63) is 76.6 Å². The number of rotatable bonds is 5. The number of carbonyl (C=O) groups excluding carboxylic acids is 1. The van der Waals surface area contributed by atoms with Gasteiger partial charge in [0.15, 0.2) is 6.10 Å². The van der Waals surface area contributed by atoms with E-state index >= 15 is 0 Å². The number of nitrogens with zero attached hydrogens (tertiary/aromatic N) is 3. The van der Waals surface area contributed by atoms with Crippen LogP contribution >= 0.6 is 11.6 Å². The van der Waals surface area contributed by atoms with Crippen LogP contribution in [0.25, 0.3) is 0 Å². The molecule has 0 bridgehead atoms. The Kier molecular flexibility index (Phi) is 5.45. The third-order valence-corrected chi connectivity index (χ3v) is 5.53. The Morgan fingerprint density at radius 3 is 2.66 bits per heavy atom. The van der Waals surface area contributed by atoms with Gasteiger partial charge in [-0.05, 0) is 24.6 Å². The highest BCUT2D eigenvalue weighted by atomic mass is 35.5. The number of carbonyl (C=O) groups is 1. The molecule has 2 heterocycles. The summed E-state index contributed by atoms with van der Waals surface area (Å²) in [5.41, 5.74) is 3.92. The van der Waals surface area contributed by atoms with Crippen molar-refractivity contribution in [2.24, 2.45) is 0 Å². The minimum absolute atomic E-state index is 0.146. The highest BCUT2D eigenvalue weighted by Crippen LogP contribution is 2.35. The first-order valence-electron chi connectivity index (χ1n) is 9.54. The van der Waals surface area contributed by atoms with Gasteiger partial charge in [0.25, 0.3) is 5.91 Å². The van der Waals surface area contributed by atoms with E-state index in [0.717, 1.165) is 22.5 Å². The molecule has 1 atom stereocenters. The second-order valence-electron chi connectivity index (χ2n) is 7.07. The van der Waals surface area contributed by atoms with Crippen LogP contribution in [-0.4, -0.2) is 35.4 Å². The number of benzene rings is 2. The number of para-hydroxylation sites is 2. The summed E-state index contributed by atoms with van der Waals surface area (Å²) in [6, 6.07) is 17.8. The standard InChI is InChI=1S/C22H23ClN4O2/c1-15-17(21(23)27(25-15)12-16-8-4-3-5-9-16)13-26-14-20(22(28)24-2)29-19-11-7-6-10-18(19)26/h3-11,20H,12-14H2,1-2H3,(H,24,28). The number of anilines is 1. The monoisotopic (exact) mass is 410 g/mol. The molecule has 1 unspecified atom stereocenters. The first kappa shape index (κ1) is 19.3. The number of aryl methyl sites for hydroxylation is 1. The predicted octanol–water partition coefficient (Wildman–Crippen LogP) is 3.41. The van der Waals surface area contributed by atoms with Gasteiger partial charge in [0.1, 0.15) is 10.9 Å². The van der Waals surface area contributed by atoms with Crippen LogP contribution in [0.15, 0.2) is 54.6 Å². The van der Waals surface area contributed by atoms with Crippen molar-refractivity contribution in [2.75, 3.05) is 18.5 Å². The highest BCUT2D eigenvalue weighted by Gasteiger charge is 2.31. The number of aromatic nitrogens is 2. The molecular weight excluding hydrogens is 388 g/mol. The molecule has 1 N–H and O–H groups in total. The van der Waals surface area contributed by atoms with Crippen molar-refractivity contribution in [1.29, 1.82) is 0 Å². The average Bonchev–Trinajstić information content (AvgIpc) is 3.01. The zero-order valence-electron chi connectivity index (χ0n) is 16.4. The third-order valence-electron chi connectivity index (χ3n) is 5.11. The molecule has 0 spiro atoms. The third kappa shape index (κ3) is 3.93. The van der Waals surface area contributed by atoms with Gasteiger partial charge < -0.3 is 15.0 Å². The molecule has 2 aromatic carbocycles. The Balaban J connectivity index is 1.62. The molecule has 1 amide bonds. The number of halogens is 1. The second-order valence-corrected chi connectivity index (χ2v) is 7.43. The molecule has 3 aromatic rings. The maximum Gasteiger partial charge on any atom is 0.262 e. The van der Waals surface area contributed by atoms with Gasteiger partial charge in [-0.25, -0.2) is 4.68 Å². The van der Waals surface area contributed by atoms with E-state index in [0.29, 0.717) is 30.5 Å². The molecule has 1 aliphatic rings. The average molecular weight is 411 g/mol. The fraction of sp³-hybridized carbons (Fsp3) is 0.273. The van der Waals surface area contributed by atoms with Crippen LogP contribution < -0.4 is 15.0 Å². The van der Waals surface area contributed by atoms with Gasteiger partial charge in [0.05, 0.1) is 24.5 Å². The minimum Gasteiger partial charge on any atom is -0.477 e. The lowest BCUT2D eigenvalue weighted by Crippen LogP contribution is -2.48. The van der Waals surface area contributed by atoms with Crippen molar-refractivity contribution in [2.45, 2.75) is 26.1 Å². The number of hydrogen-bond acceptors (Lipinski definition) is 4. The summed E-state index contributed by atoms with van der Waals surface area (Å²) in [4.78, 5) is 14.3. The lowest BCUT2D eigenvalue weighted by Gasteiger charge is -2.35. The van der Waals surface area contributed by atoms with Gasteiger partial charge in [-0.3, -0.25) is 4.79 Å². The van der Waals surface area contributed by atoms with E-state index in [1.54, 1.807) is 7.05 Å². The van der Waals surface area contributed by atoms with Gasteiger partial charge in [0, 0.05) is 19.2 Å². The van der Waals surface area contributed by atoms with Crippen molar-refractivity contribution in [3.8, 4) is 5.75 Å². The number of likely N-dealkylation sites (N-methyl/N-ethyl adjacent to an activating group) is 1. The van der Waals surface area contributed by atoms with Crippen LogP contribution in [0.2, 0.25) is 5.15 Å². The molecule has 0 saturated heterocycles. The van der Waals surface area contributed by atoms with Crippen LogP contribution in [0.1, 0.15) is 16.8 Å². The summed E-state index contributed by atoms with van der Waals surface area (Å²) < 4.78 is 7.71. The fourth-order valence-corrected chi connectivity index (χ4v) is 3.87. The summed E-state index contributed by atoms with van der Waals surface area (Å²) in [6.07, 6.45) is -0.576. The molecule has 7 heteroatoms. The normalized spacial score (nSPS) is 15.6. The Morgan fingerprint density at radius 1 is 1.17 bits per heavy atom. The van der Waals surface area contributed by atoms with Crippen molar-refractivity contribution >= 4 is 23.2 Å². The molecular formula is C22H23ClN4O2. The van der Waals surface area contributed by atoms with E-state index < -0.39 is 6.10 Å². The molecule has 0 aliphatic carbocycles. The van der Waals surface area contributed by atoms with E-state index in [9.17, 15) is 4.79 Å². The summed E-state index contributed by atoms with van der Waals surface area (Å²) in [7, 11) is 1.62. The van der Waals surface area contributed by atoms with E-state index in [1.165, 1.54) is 0 Å². The molecule has 29 heavy (non-hydrogen) atoms. The predicted molar refractivity (Wildman–Crippen MR) is 113 cm³/mol. The molecule has 1 aromatic heterocycles. The highest BCUT2D eigenvalue weighted by molar-refractivity contribution is 6.30. The summed E-state index contributed by atoms with van der Waals surface area (Å²) in [6.45, 7) is 3.57. The SMILES string of the molecule is CNC(=O)C1CN(Cc2c(C)nn(Cc3ccccc3)c2Cl)c2ccccc2O1. The Hall–Kier alpha value is -2.99. The van der Waals surface area contributed by atoms with Crippen molar-refractivity contribution < 1.29 is 9.53 Å². The second kappa shape index (κ2) is 8.17. The van der Waals surface area contributed by atoms with Crippen LogP contribution in [0.4, 0.5) is 5.69 Å². The quantitative estimate of drug-likeness (QED) is 0.700. The van der Waals surface area contributed by atoms with Crippen molar-refractivity contribution in [3.63, 3.8) is 0 Å². The molecule has 150 valence electrons. The number of ether oxygens (including phenoxy) is 1. The van der Waals surface area contributed by atoms with Crippen LogP contribution in [-0.2, 0) is 17.9 Å². The molecule has 0 fully saturated rings. The van der Waals surface area contributed by atoms with Crippen LogP contribution in [0.5, 0.6) is 5.75 Å². The smallest absolute Gasteiger partial charge is 0.262 e. The van der Waals surface area contributed by atoms with Gasteiger partial charge in [-0.2, -0.15) is 5.10 Å². The largest absolute Gasteiger partial charge is 0.477 e. The molecule has 0 radical (unpaired) electrons. The molecule has 6 nitrogen and oxygen atoms in total. The zero-order chi connectivity index (χ0) is 20.4. The van der Waals surface area contributed by atoms with Gasteiger partial charge >= 0.3 is 0 Å². The number of hydrogen-bond donors (Lipinski definition) is 1. The van der Waals surface area contributed by atoms with E-state index in [4.69, 9.17) is 16.3 Å².